The lowest BCUT2D eigenvalue weighted by Crippen LogP contribution is -2.43. The Hall–Kier alpha value is -0.0800. The van der Waals surface area contributed by atoms with Crippen molar-refractivity contribution in [1.29, 1.82) is 0 Å². The van der Waals surface area contributed by atoms with Crippen LogP contribution in [0.3, 0.4) is 0 Å². The molecule has 2 saturated carbocycles. The van der Waals surface area contributed by atoms with Crippen molar-refractivity contribution in [3.8, 4) is 0 Å². The fourth-order valence-electron chi connectivity index (χ4n) is 3.61. The molecule has 2 nitrogen and oxygen atoms in total. The third-order valence-electron chi connectivity index (χ3n) is 4.75. The Labute approximate surface area is 99.1 Å². The summed E-state index contributed by atoms with van der Waals surface area (Å²) in [4.78, 5) is 0. The SMILES string of the molecule is CCCNCC1(C2CC2)CCOC1C1CC1. The molecule has 0 aromatic heterocycles. The molecule has 2 aliphatic carbocycles. The molecule has 2 heteroatoms. The van der Waals surface area contributed by atoms with Gasteiger partial charge in [0.15, 0.2) is 0 Å². The largest absolute Gasteiger partial charge is 0.377 e. The second-order valence-corrected chi connectivity index (χ2v) is 6.06. The van der Waals surface area contributed by atoms with E-state index in [1.807, 2.05) is 0 Å². The molecule has 0 amide bonds. The van der Waals surface area contributed by atoms with Gasteiger partial charge in [-0.2, -0.15) is 0 Å². The van der Waals surface area contributed by atoms with E-state index in [2.05, 4.69) is 12.2 Å². The Morgan fingerprint density at radius 2 is 2.06 bits per heavy atom. The van der Waals surface area contributed by atoms with Crippen molar-refractivity contribution in [3.05, 3.63) is 0 Å². The van der Waals surface area contributed by atoms with E-state index < -0.39 is 0 Å². The molecule has 0 spiro atoms. The van der Waals surface area contributed by atoms with Gasteiger partial charge in [-0.15, -0.1) is 0 Å². The molecule has 1 heterocycles. The smallest absolute Gasteiger partial charge is 0.0675 e. The van der Waals surface area contributed by atoms with E-state index in [0.717, 1.165) is 18.4 Å². The summed E-state index contributed by atoms with van der Waals surface area (Å²) >= 11 is 0. The minimum Gasteiger partial charge on any atom is -0.377 e. The van der Waals surface area contributed by atoms with Gasteiger partial charge in [-0.1, -0.05) is 6.92 Å². The van der Waals surface area contributed by atoms with Crippen molar-refractivity contribution in [3.63, 3.8) is 0 Å². The predicted molar refractivity (Wildman–Crippen MR) is 65.4 cm³/mol. The number of rotatable bonds is 6. The number of ether oxygens (including phenoxy) is 1. The van der Waals surface area contributed by atoms with Gasteiger partial charge >= 0.3 is 0 Å². The minimum atomic E-state index is 0.524. The van der Waals surface area contributed by atoms with Crippen molar-refractivity contribution in [2.75, 3.05) is 19.7 Å². The van der Waals surface area contributed by atoms with E-state index in [-0.39, 0.29) is 0 Å². The first-order chi connectivity index (χ1) is 7.87. The lowest BCUT2D eigenvalue weighted by Gasteiger charge is -2.35. The van der Waals surface area contributed by atoms with Crippen LogP contribution >= 0.6 is 0 Å². The average Bonchev–Trinajstić information content (AvgIpc) is 3.18. The molecule has 2 unspecified atom stereocenters. The van der Waals surface area contributed by atoms with Crippen LogP contribution in [0.15, 0.2) is 0 Å². The first kappa shape index (κ1) is 11.0. The summed E-state index contributed by atoms with van der Waals surface area (Å²) in [7, 11) is 0. The summed E-state index contributed by atoms with van der Waals surface area (Å²) < 4.78 is 6.08. The molecule has 92 valence electrons. The van der Waals surface area contributed by atoms with Gasteiger partial charge in [0.2, 0.25) is 0 Å². The van der Waals surface area contributed by atoms with E-state index in [0.29, 0.717) is 11.5 Å². The van der Waals surface area contributed by atoms with Crippen LogP contribution < -0.4 is 5.32 Å². The fourth-order valence-corrected chi connectivity index (χ4v) is 3.61. The molecule has 16 heavy (non-hydrogen) atoms. The maximum Gasteiger partial charge on any atom is 0.0675 e. The van der Waals surface area contributed by atoms with Gasteiger partial charge in [-0.25, -0.2) is 0 Å². The molecule has 1 N–H and O–H groups in total. The molecule has 2 atom stereocenters. The van der Waals surface area contributed by atoms with Crippen molar-refractivity contribution in [2.45, 2.75) is 51.6 Å². The van der Waals surface area contributed by atoms with E-state index >= 15 is 0 Å². The number of hydrogen-bond donors (Lipinski definition) is 1. The summed E-state index contributed by atoms with van der Waals surface area (Å²) in [5, 5.41) is 3.67. The maximum atomic E-state index is 6.08. The van der Waals surface area contributed by atoms with E-state index in [1.165, 1.54) is 51.6 Å². The van der Waals surface area contributed by atoms with Crippen LogP contribution in [0.4, 0.5) is 0 Å². The lowest BCUT2D eigenvalue weighted by molar-refractivity contribution is 0.0198. The van der Waals surface area contributed by atoms with E-state index in [9.17, 15) is 0 Å². The Bertz CT molecular complexity index is 247. The zero-order chi connectivity index (χ0) is 11.0. The Morgan fingerprint density at radius 3 is 2.69 bits per heavy atom. The summed E-state index contributed by atoms with van der Waals surface area (Å²) in [5.41, 5.74) is 0.524. The van der Waals surface area contributed by atoms with Gasteiger partial charge in [0, 0.05) is 18.6 Å². The van der Waals surface area contributed by atoms with Crippen LogP contribution in [0, 0.1) is 17.3 Å². The molecular formula is C14H25NO. The highest BCUT2D eigenvalue weighted by molar-refractivity contribution is 5.07. The quantitative estimate of drug-likeness (QED) is 0.699. The van der Waals surface area contributed by atoms with Crippen LogP contribution in [0.25, 0.3) is 0 Å². The molecule has 0 radical (unpaired) electrons. The van der Waals surface area contributed by atoms with Gasteiger partial charge in [-0.3, -0.25) is 0 Å². The normalized spacial score (nSPS) is 39.2. The topological polar surface area (TPSA) is 21.3 Å². The summed E-state index contributed by atoms with van der Waals surface area (Å²) in [5.74, 6) is 1.89. The first-order valence-electron chi connectivity index (χ1n) is 7.19. The molecule has 1 saturated heterocycles. The van der Waals surface area contributed by atoms with Crippen molar-refractivity contribution in [1.82, 2.24) is 5.32 Å². The van der Waals surface area contributed by atoms with Gasteiger partial charge in [-0.05, 0) is 56.9 Å². The van der Waals surface area contributed by atoms with Gasteiger partial charge in [0.05, 0.1) is 6.10 Å². The van der Waals surface area contributed by atoms with Crippen LogP contribution in [-0.2, 0) is 4.74 Å². The zero-order valence-electron chi connectivity index (χ0n) is 10.5. The maximum absolute atomic E-state index is 6.08. The van der Waals surface area contributed by atoms with E-state index in [1.54, 1.807) is 0 Å². The Kier molecular flexibility index (Phi) is 2.97. The highest BCUT2D eigenvalue weighted by atomic mass is 16.5. The third-order valence-corrected chi connectivity index (χ3v) is 4.75. The average molecular weight is 223 g/mol. The Morgan fingerprint density at radius 1 is 1.25 bits per heavy atom. The van der Waals surface area contributed by atoms with Gasteiger partial charge in [0.25, 0.3) is 0 Å². The first-order valence-corrected chi connectivity index (χ1v) is 7.19. The standard InChI is InChI=1S/C14H25NO/c1-2-8-15-10-14(12-5-6-12)7-9-16-13(14)11-3-4-11/h11-13,15H,2-10H2,1H3. The predicted octanol–water partition coefficient (Wildman–Crippen LogP) is 2.58. The second-order valence-electron chi connectivity index (χ2n) is 6.06. The number of hydrogen-bond acceptors (Lipinski definition) is 2. The fraction of sp³-hybridized carbons (Fsp3) is 1.00. The third kappa shape index (κ3) is 1.91. The van der Waals surface area contributed by atoms with Crippen LogP contribution in [0.1, 0.15) is 45.4 Å². The number of nitrogens with one attached hydrogen (secondary N) is 1. The second kappa shape index (κ2) is 4.30. The van der Waals surface area contributed by atoms with Gasteiger partial charge < -0.3 is 10.1 Å². The van der Waals surface area contributed by atoms with Crippen molar-refractivity contribution in [2.24, 2.45) is 17.3 Å². The Balaban J connectivity index is 1.67. The van der Waals surface area contributed by atoms with Crippen LogP contribution in [-0.4, -0.2) is 25.8 Å². The molecule has 3 fully saturated rings. The molecule has 3 aliphatic rings. The monoisotopic (exact) mass is 223 g/mol. The molecule has 0 aromatic carbocycles. The summed E-state index contributed by atoms with van der Waals surface area (Å²) in [6.07, 6.45) is 8.93. The summed E-state index contributed by atoms with van der Waals surface area (Å²) in [6.45, 7) is 5.66. The zero-order valence-corrected chi connectivity index (χ0v) is 10.5. The molecule has 0 aromatic rings. The van der Waals surface area contributed by atoms with Crippen LogP contribution in [0.5, 0.6) is 0 Å². The molecular weight excluding hydrogens is 198 g/mol. The van der Waals surface area contributed by atoms with Crippen molar-refractivity contribution >= 4 is 0 Å². The minimum absolute atomic E-state index is 0.524. The highest BCUT2D eigenvalue weighted by Gasteiger charge is 2.57. The van der Waals surface area contributed by atoms with E-state index in [4.69, 9.17) is 4.74 Å². The summed E-state index contributed by atoms with van der Waals surface area (Å²) in [6, 6.07) is 0. The lowest BCUT2D eigenvalue weighted by atomic mass is 9.74. The molecule has 3 rings (SSSR count). The molecule has 1 aliphatic heterocycles. The highest BCUT2D eigenvalue weighted by Crippen LogP contribution is 2.58. The van der Waals surface area contributed by atoms with Gasteiger partial charge in [0.1, 0.15) is 0 Å². The molecule has 0 bridgehead atoms. The van der Waals surface area contributed by atoms with Crippen LogP contribution in [0.2, 0.25) is 0 Å². The van der Waals surface area contributed by atoms with Crippen molar-refractivity contribution < 1.29 is 4.74 Å².